The van der Waals surface area contributed by atoms with Crippen LogP contribution < -0.4 is 15.4 Å². The number of hydrogen-bond donors (Lipinski definition) is 2. The van der Waals surface area contributed by atoms with Gasteiger partial charge in [0.05, 0.1) is 17.8 Å². The molecule has 2 N–H and O–H groups in total. The highest BCUT2D eigenvalue weighted by Gasteiger charge is 2.04. The molecular weight excluding hydrogens is 204 g/mol. The number of ether oxygens (including phenoxy) is 1. The van der Waals surface area contributed by atoms with Crippen molar-refractivity contribution in [3.05, 3.63) is 23.2 Å². The lowest BCUT2D eigenvalue weighted by Crippen LogP contribution is -2.24. The van der Waals surface area contributed by atoms with Gasteiger partial charge in [-0.05, 0) is 12.1 Å². The Kier molecular flexibility index (Phi) is 3.59. The summed E-state index contributed by atoms with van der Waals surface area (Å²) in [4.78, 5) is 11.0. The van der Waals surface area contributed by atoms with E-state index < -0.39 is 0 Å². The summed E-state index contributed by atoms with van der Waals surface area (Å²) in [5, 5.41) is 5.44. The maximum Gasteiger partial charge on any atom is 0.319 e. The zero-order valence-corrected chi connectivity index (χ0v) is 8.68. The SMILES string of the molecule is CNC(=O)Nc1ccc(OC)cc1Cl. The molecule has 4 nitrogen and oxygen atoms in total. The fourth-order valence-electron chi connectivity index (χ4n) is 0.909. The van der Waals surface area contributed by atoms with Crippen molar-refractivity contribution in [3.8, 4) is 5.75 Å². The predicted octanol–water partition coefficient (Wildman–Crippen LogP) is 2.10. The van der Waals surface area contributed by atoms with Crippen molar-refractivity contribution in [2.75, 3.05) is 19.5 Å². The summed E-state index contributed by atoms with van der Waals surface area (Å²) in [7, 11) is 3.09. The van der Waals surface area contributed by atoms with Crippen LogP contribution in [0.25, 0.3) is 0 Å². The number of urea groups is 1. The van der Waals surface area contributed by atoms with E-state index in [1.165, 1.54) is 7.05 Å². The summed E-state index contributed by atoms with van der Waals surface area (Å²) in [6.45, 7) is 0. The first-order chi connectivity index (χ1) is 6.67. The van der Waals surface area contributed by atoms with E-state index in [0.717, 1.165) is 0 Å². The Bertz CT molecular complexity index is 342. The van der Waals surface area contributed by atoms with Crippen LogP contribution in [0.4, 0.5) is 10.5 Å². The molecule has 14 heavy (non-hydrogen) atoms. The zero-order valence-electron chi connectivity index (χ0n) is 7.93. The Balaban J connectivity index is 2.83. The van der Waals surface area contributed by atoms with Crippen molar-refractivity contribution in [1.29, 1.82) is 0 Å². The number of rotatable bonds is 2. The first-order valence-electron chi connectivity index (χ1n) is 3.99. The molecule has 0 unspecified atom stereocenters. The maximum absolute atomic E-state index is 11.0. The van der Waals surface area contributed by atoms with Crippen LogP contribution in [0.1, 0.15) is 0 Å². The monoisotopic (exact) mass is 214 g/mol. The topological polar surface area (TPSA) is 50.4 Å². The number of hydrogen-bond acceptors (Lipinski definition) is 2. The number of methoxy groups -OCH3 is 1. The fourth-order valence-corrected chi connectivity index (χ4v) is 1.13. The number of halogens is 1. The largest absolute Gasteiger partial charge is 0.497 e. The second kappa shape index (κ2) is 4.72. The van der Waals surface area contributed by atoms with Crippen LogP contribution in [0, 0.1) is 0 Å². The fraction of sp³-hybridized carbons (Fsp3) is 0.222. The highest BCUT2D eigenvalue weighted by Crippen LogP contribution is 2.26. The first kappa shape index (κ1) is 10.7. The number of anilines is 1. The molecule has 0 aromatic heterocycles. The lowest BCUT2D eigenvalue weighted by molar-refractivity contribution is 0.254. The summed E-state index contributed by atoms with van der Waals surface area (Å²) in [5.74, 6) is 0.650. The van der Waals surface area contributed by atoms with E-state index >= 15 is 0 Å². The minimum atomic E-state index is -0.308. The molecule has 0 aliphatic carbocycles. The Morgan fingerprint density at radius 3 is 2.71 bits per heavy atom. The summed E-state index contributed by atoms with van der Waals surface area (Å²) in [6, 6.07) is 4.72. The van der Waals surface area contributed by atoms with Gasteiger partial charge in [-0.2, -0.15) is 0 Å². The van der Waals surface area contributed by atoms with Crippen molar-refractivity contribution in [2.45, 2.75) is 0 Å². The van der Waals surface area contributed by atoms with Crippen molar-refractivity contribution in [1.82, 2.24) is 5.32 Å². The standard InChI is InChI=1S/C9H11ClN2O2/c1-11-9(13)12-8-4-3-6(14-2)5-7(8)10/h3-5H,1-2H3,(H2,11,12,13). The van der Waals surface area contributed by atoms with E-state index in [-0.39, 0.29) is 6.03 Å². The smallest absolute Gasteiger partial charge is 0.319 e. The van der Waals surface area contributed by atoms with Gasteiger partial charge in [0.25, 0.3) is 0 Å². The van der Waals surface area contributed by atoms with Crippen LogP contribution in [0.5, 0.6) is 5.75 Å². The van der Waals surface area contributed by atoms with Gasteiger partial charge >= 0.3 is 6.03 Å². The van der Waals surface area contributed by atoms with E-state index in [2.05, 4.69) is 10.6 Å². The molecule has 0 saturated heterocycles. The number of nitrogens with one attached hydrogen (secondary N) is 2. The minimum absolute atomic E-state index is 0.308. The van der Waals surface area contributed by atoms with Gasteiger partial charge in [0.1, 0.15) is 5.75 Å². The van der Waals surface area contributed by atoms with Gasteiger partial charge in [-0.3, -0.25) is 0 Å². The molecule has 0 saturated carbocycles. The molecule has 2 amide bonds. The molecular formula is C9H11ClN2O2. The van der Waals surface area contributed by atoms with E-state index in [1.54, 1.807) is 25.3 Å². The highest BCUT2D eigenvalue weighted by atomic mass is 35.5. The van der Waals surface area contributed by atoms with Crippen LogP contribution >= 0.6 is 11.6 Å². The molecule has 1 rings (SSSR count). The van der Waals surface area contributed by atoms with Gasteiger partial charge < -0.3 is 15.4 Å². The first-order valence-corrected chi connectivity index (χ1v) is 4.37. The van der Waals surface area contributed by atoms with Gasteiger partial charge in [-0.15, -0.1) is 0 Å². The summed E-state index contributed by atoms with van der Waals surface area (Å²) in [6.07, 6.45) is 0. The van der Waals surface area contributed by atoms with Gasteiger partial charge in [0, 0.05) is 13.1 Å². The van der Waals surface area contributed by atoms with E-state index in [9.17, 15) is 4.79 Å². The summed E-state index contributed by atoms with van der Waals surface area (Å²) >= 11 is 5.89. The van der Waals surface area contributed by atoms with Crippen molar-refractivity contribution >= 4 is 23.3 Å². The third-order valence-corrected chi connectivity index (χ3v) is 1.96. The van der Waals surface area contributed by atoms with Crippen molar-refractivity contribution < 1.29 is 9.53 Å². The predicted molar refractivity (Wildman–Crippen MR) is 56.1 cm³/mol. The Labute approximate surface area is 87.2 Å². The minimum Gasteiger partial charge on any atom is -0.497 e. The number of benzene rings is 1. The second-order valence-corrected chi connectivity index (χ2v) is 2.96. The third kappa shape index (κ3) is 2.53. The zero-order chi connectivity index (χ0) is 10.6. The van der Waals surface area contributed by atoms with E-state index in [0.29, 0.717) is 16.5 Å². The average molecular weight is 215 g/mol. The van der Waals surface area contributed by atoms with Crippen LogP contribution in [0.3, 0.4) is 0 Å². The molecule has 0 aliphatic rings. The molecule has 0 aliphatic heterocycles. The average Bonchev–Trinajstić information content (AvgIpc) is 2.20. The van der Waals surface area contributed by atoms with Crippen LogP contribution in [0.2, 0.25) is 5.02 Å². The summed E-state index contributed by atoms with van der Waals surface area (Å²) < 4.78 is 4.97. The van der Waals surface area contributed by atoms with Gasteiger partial charge in [-0.1, -0.05) is 11.6 Å². The lowest BCUT2D eigenvalue weighted by atomic mass is 10.3. The molecule has 0 atom stereocenters. The van der Waals surface area contributed by atoms with E-state index in [4.69, 9.17) is 16.3 Å². The van der Waals surface area contributed by atoms with Crippen LogP contribution in [-0.4, -0.2) is 20.2 Å². The Morgan fingerprint density at radius 1 is 1.50 bits per heavy atom. The Morgan fingerprint density at radius 2 is 2.21 bits per heavy atom. The molecule has 0 radical (unpaired) electrons. The molecule has 0 fully saturated rings. The van der Waals surface area contributed by atoms with Crippen molar-refractivity contribution in [3.63, 3.8) is 0 Å². The summed E-state index contributed by atoms with van der Waals surface area (Å²) in [5.41, 5.74) is 0.548. The molecule has 1 aromatic carbocycles. The molecule has 1 aromatic rings. The number of carbonyl (C=O) groups excluding carboxylic acids is 1. The van der Waals surface area contributed by atoms with Gasteiger partial charge in [0.2, 0.25) is 0 Å². The van der Waals surface area contributed by atoms with Crippen LogP contribution in [-0.2, 0) is 0 Å². The third-order valence-electron chi connectivity index (χ3n) is 1.65. The quantitative estimate of drug-likeness (QED) is 0.792. The molecule has 0 spiro atoms. The van der Waals surface area contributed by atoms with E-state index in [1.807, 2.05) is 0 Å². The number of amides is 2. The normalized spacial score (nSPS) is 9.36. The Hall–Kier alpha value is -1.42. The lowest BCUT2D eigenvalue weighted by Gasteiger charge is -2.07. The van der Waals surface area contributed by atoms with Gasteiger partial charge in [0.15, 0.2) is 0 Å². The molecule has 0 heterocycles. The highest BCUT2D eigenvalue weighted by molar-refractivity contribution is 6.33. The molecule has 0 bridgehead atoms. The second-order valence-electron chi connectivity index (χ2n) is 2.55. The number of carbonyl (C=O) groups is 1. The van der Waals surface area contributed by atoms with Crippen LogP contribution in [0.15, 0.2) is 18.2 Å². The van der Waals surface area contributed by atoms with Gasteiger partial charge in [-0.25, -0.2) is 4.79 Å². The maximum atomic E-state index is 11.0. The van der Waals surface area contributed by atoms with Crippen molar-refractivity contribution in [2.24, 2.45) is 0 Å². The molecule has 76 valence electrons. The molecule has 5 heteroatoms.